The number of hydrogen-bond acceptors (Lipinski definition) is 3. The van der Waals surface area contributed by atoms with Crippen LogP contribution in [-0.4, -0.2) is 17.8 Å². The predicted octanol–water partition coefficient (Wildman–Crippen LogP) is 4.29. The van der Waals surface area contributed by atoms with Crippen LogP contribution in [0.4, 0.5) is 0 Å². The Morgan fingerprint density at radius 3 is 1.95 bits per heavy atom. The Kier molecular flexibility index (Phi) is 5.53. The lowest BCUT2D eigenvalue weighted by atomic mass is 10.1. The third kappa shape index (κ3) is 7.31. The molecule has 0 N–H and O–H groups in total. The van der Waals surface area contributed by atoms with Crippen LogP contribution in [0.5, 0.6) is 0 Å². The molecule has 0 saturated heterocycles. The van der Waals surface area contributed by atoms with Gasteiger partial charge in [-0.15, -0.1) is 0 Å². The molecule has 3 nitrogen and oxygen atoms in total. The minimum atomic E-state index is -0.339. The van der Waals surface area contributed by atoms with Crippen LogP contribution in [0, 0.1) is 0 Å². The van der Waals surface area contributed by atoms with E-state index in [0.717, 1.165) is 5.56 Å². The monoisotopic (exact) mass is 266 g/mol. The summed E-state index contributed by atoms with van der Waals surface area (Å²) in [6, 6.07) is 9.99. The average molecular weight is 266 g/mol. The maximum Gasteiger partial charge on any atom is 0.141 e. The quantitative estimate of drug-likeness (QED) is 0.588. The summed E-state index contributed by atoms with van der Waals surface area (Å²) in [6.45, 7) is 12.4. The first-order valence-corrected chi connectivity index (χ1v) is 6.71. The molecule has 0 heterocycles. The summed E-state index contributed by atoms with van der Waals surface area (Å²) in [5, 5.41) is 0. The molecule has 1 atom stereocenters. The summed E-state index contributed by atoms with van der Waals surface area (Å²) >= 11 is 0. The van der Waals surface area contributed by atoms with Gasteiger partial charge in [0.05, 0.1) is 17.8 Å². The van der Waals surface area contributed by atoms with E-state index in [0.29, 0.717) is 6.61 Å². The van der Waals surface area contributed by atoms with Crippen LogP contribution in [0.2, 0.25) is 0 Å². The van der Waals surface area contributed by atoms with Crippen molar-refractivity contribution in [3.8, 4) is 0 Å². The Labute approximate surface area is 116 Å². The molecule has 0 aromatic heterocycles. The fourth-order valence-corrected chi connectivity index (χ4v) is 1.38. The molecule has 1 aromatic rings. The van der Waals surface area contributed by atoms with Crippen LogP contribution < -0.4 is 0 Å². The highest BCUT2D eigenvalue weighted by Crippen LogP contribution is 2.23. The molecule has 108 valence electrons. The first kappa shape index (κ1) is 16.2. The molecule has 1 rings (SSSR count). The molecule has 1 aromatic carbocycles. The first-order valence-electron chi connectivity index (χ1n) is 6.71. The number of benzene rings is 1. The van der Waals surface area contributed by atoms with E-state index in [1.165, 1.54) is 0 Å². The second kappa shape index (κ2) is 6.51. The molecule has 19 heavy (non-hydrogen) atoms. The Hall–Kier alpha value is -0.900. The summed E-state index contributed by atoms with van der Waals surface area (Å²) in [7, 11) is 0. The lowest BCUT2D eigenvalue weighted by molar-refractivity contribution is -0.382. The molecule has 0 aliphatic rings. The molecular formula is C16H26O3. The number of hydrogen-bond donors (Lipinski definition) is 0. The van der Waals surface area contributed by atoms with Crippen molar-refractivity contribution in [2.75, 3.05) is 6.61 Å². The highest BCUT2D eigenvalue weighted by Gasteiger charge is 2.21. The van der Waals surface area contributed by atoms with Crippen molar-refractivity contribution in [2.45, 2.75) is 58.8 Å². The summed E-state index contributed by atoms with van der Waals surface area (Å²) in [5.41, 5.74) is 0.517. The summed E-state index contributed by atoms with van der Waals surface area (Å²) < 4.78 is 5.81. The van der Waals surface area contributed by atoms with E-state index in [4.69, 9.17) is 14.5 Å². The van der Waals surface area contributed by atoms with Gasteiger partial charge in [0.1, 0.15) is 6.10 Å². The Morgan fingerprint density at radius 1 is 0.895 bits per heavy atom. The fourth-order valence-electron chi connectivity index (χ4n) is 1.38. The zero-order valence-corrected chi connectivity index (χ0v) is 12.9. The second-order valence-electron chi connectivity index (χ2n) is 6.61. The van der Waals surface area contributed by atoms with Crippen molar-refractivity contribution in [3.63, 3.8) is 0 Å². The molecule has 0 fully saturated rings. The fraction of sp³-hybridized carbons (Fsp3) is 0.625. The Balaban J connectivity index is 2.68. The van der Waals surface area contributed by atoms with Crippen molar-refractivity contribution in [2.24, 2.45) is 0 Å². The third-order valence-corrected chi connectivity index (χ3v) is 2.25. The highest BCUT2D eigenvalue weighted by atomic mass is 17.2. The second-order valence-corrected chi connectivity index (χ2v) is 6.61. The van der Waals surface area contributed by atoms with Gasteiger partial charge < -0.3 is 4.74 Å². The largest absolute Gasteiger partial charge is 0.373 e. The summed E-state index contributed by atoms with van der Waals surface area (Å²) in [6.07, 6.45) is -0.223. The number of rotatable bonds is 5. The van der Waals surface area contributed by atoms with Gasteiger partial charge >= 0.3 is 0 Å². The van der Waals surface area contributed by atoms with Gasteiger partial charge in [-0.3, -0.25) is 0 Å². The zero-order valence-electron chi connectivity index (χ0n) is 12.9. The Morgan fingerprint density at radius 2 is 1.47 bits per heavy atom. The first-order chi connectivity index (χ1) is 8.67. The predicted molar refractivity (Wildman–Crippen MR) is 76.8 cm³/mol. The Bertz CT molecular complexity index is 342. The minimum absolute atomic E-state index is 0.196. The van der Waals surface area contributed by atoms with Crippen LogP contribution in [-0.2, 0) is 14.5 Å². The molecule has 0 spiro atoms. The van der Waals surface area contributed by atoms with Gasteiger partial charge in [0, 0.05) is 0 Å². The van der Waals surface area contributed by atoms with E-state index >= 15 is 0 Å². The zero-order chi connectivity index (χ0) is 14.5. The van der Waals surface area contributed by atoms with Gasteiger partial charge in [-0.1, -0.05) is 30.3 Å². The molecule has 0 radical (unpaired) electrons. The van der Waals surface area contributed by atoms with Crippen molar-refractivity contribution in [1.29, 1.82) is 0 Å². The maximum absolute atomic E-state index is 5.81. The van der Waals surface area contributed by atoms with E-state index in [1.807, 2.05) is 71.9 Å². The standard InChI is InChI=1S/C16H26O3/c1-15(2,3)17-12-14(18-19-16(4,5)6)13-10-8-7-9-11-13/h7-11,14H,12H2,1-6H3. The average Bonchev–Trinajstić information content (AvgIpc) is 2.27. The maximum atomic E-state index is 5.81. The lowest BCUT2D eigenvalue weighted by Gasteiger charge is -2.27. The molecular weight excluding hydrogens is 240 g/mol. The molecule has 0 aliphatic heterocycles. The van der Waals surface area contributed by atoms with Crippen molar-refractivity contribution < 1.29 is 14.5 Å². The molecule has 0 bridgehead atoms. The van der Waals surface area contributed by atoms with Crippen LogP contribution in [0.25, 0.3) is 0 Å². The summed E-state index contributed by atoms with van der Waals surface area (Å²) in [5.74, 6) is 0. The topological polar surface area (TPSA) is 27.7 Å². The van der Waals surface area contributed by atoms with Gasteiger partial charge in [0.25, 0.3) is 0 Å². The van der Waals surface area contributed by atoms with Crippen LogP contribution >= 0.6 is 0 Å². The van der Waals surface area contributed by atoms with E-state index in [-0.39, 0.29) is 17.3 Å². The smallest absolute Gasteiger partial charge is 0.141 e. The van der Waals surface area contributed by atoms with Crippen LogP contribution in [0.3, 0.4) is 0 Å². The van der Waals surface area contributed by atoms with Gasteiger partial charge in [0.15, 0.2) is 0 Å². The van der Waals surface area contributed by atoms with Crippen molar-refractivity contribution in [3.05, 3.63) is 35.9 Å². The normalized spacial score (nSPS) is 14.4. The minimum Gasteiger partial charge on any atom is -0.373 e. The number of ether oxygens (including phenoxy) is 1. The van der Waals surface area contributed by atoms with E-state index in [2.05, 4.69) is 0 Å². The summed E-state index contributed by atoms with van der Waals surface area (Å²) in [4.78, 5) is 11.0. The van der Waals surface area contributed by atoms with Crippen LogP contribution in [0.1, 0.15) is 53.2 Å². The van der Waals surface area contributed by atoms with Gasteiger partial charge in [0.2, 0.25) is 0 Å². The molecule has 0 amide bonds. The highest BCUT2D eigenvalue weighted by molar-refractivity contribution is 5.17. The van der Waals surface area contributed by atoms with Gasteiger partial charge in [-0.25, -0.2) is 9.78 Å². The van der Waals surface area contributed by atoms with Crippen molar-refractivity contribution >= 4 is 0 Å². The lowest BCUT2D eigenvalue weighted by Crippen LogP contribution is -2.27. The molecule has 1 unspecified atom stereocenters. The molecule has 0 aliphatic carbocycles. The third-order valence-electron chi connectivity index (χ3n) is 2.25. The van der Waals surface area contributed by atoms with E-state index in [9.17, 15) is 0 Å². The molecule has 3 heteroatoms. The van der Waals surface area contributed by atoms with E-state index in [1.54, 1.807) is 0 Å². The van der Waals surface area contributed by atoms with Gasteiger partial charge in [-0.2, -0.15) is 0 Å². The van der Waals surface area contributed by atoms with Crippen molar-refractivity contribution in [1.82, 2.24) is 0 Å². The van der Waals surface area contributed by atoms with Crippen LogP contribution in [0.15, 0.2) is 30.3 Å². The SMILES string of the molecule is CC(C)(C)OCC(OOC(C)(C)C)c1ccccc1. The van der Waals surface area contributed by atoms with Gasteiger partial charge in [-0.05, 0) is 47.1 Å². The van der Waals surface area contributed by atoms with E-state index < -0.39 is 0 Å². The molecule has 0 saturated carbocycles.